The van der Waals surface area contributed by atoms with Crippen LogP contribution in [0.15, 0.2) is 24.3 Å². The molecule has 3 nitrogen and oxygen atoms in total. The van der Waals surface area contributed by atoms with E-state index in [1.165, 1.54) is 0 Å². The van der Waals surface area contributed by atoms with Crippen LogP contribution < -0.4 is 11.1 Å². The Labute approximate surface area is 101 Å². The van der Waals surface area contributed by atoms with Gasteiger partial charge in [-0.25, -0.2) is 0 Å². The first-order chi connectivity index (χ1) is 7.63. The summed E-state index contributed by atoms with van der Waals surface area (Å²) in [6.07, 6.45) is 0. The Kier molecular flexibility index (Phi) is 5.19. The van der Waals surface area contributed by atoms with E-state index in [0.29, 0.717) is 11.3 Å². The molecule has 1 amide bonds. The minimum Gasteiger partial charge on any atom is -0.399 e. The number of hydrogen-bond donors (Lipinski definition) is 2. The fourth-order valence-corrected chi connectivity index (χ4v) is 2.00. The fraction of sp³-hybridized carbons (Fsp3) is 0.417. The van der Waals surface area contributed by atoms with Gasteiger partial charge in [-0.05, 0) is 30.9 Å². The van der Waals surface area contributed by atoms with Gasteiger partial charge in [0.15, 0.2) is 0 Å². The van der Waals surface area contributed by atoms with Crippen LogP contribution in [0.4, 0.5) is 5.69 Å². The maximum atomic E-state index is 11.8. The van der Waals surface area contributed by atoms with Crippen molar-refractivity contribution in [1.29, 1.82) is 0 Å². The van der Waals surface area contributed by atoms with E-state index in [4.69, 9.17) is 5.73 Å². The summed E-state index contributed by atoms with van der Waals surface area (Å²) >= 11 is 1.82. The van der Waals surface area contributed by atoms with E-state index in [-0.39, 0.29) is 11.9 Å². The maximum Gasteiger partial charge on any atom is 0.251 e. The Morgan fingerprint density at radius 1 is 1.56 bits per heavy atom. The van der Waals surface area contributed by atoms with E-state index in [0.717, 1.165) is 11.5 Å². The highest BCUT2D eigenvalue weighted by Crippen LogP contribution is 2.07. The van der Waals surface area contributed by atoms with Crippen LogP contribution in [-0.2, 0) is 0 Å². The number of amides is 1. The first kappa shape index (κ1) is 12.9. The first-order valence-electron chi connectivity index (χ1n) is 5.37. The molecular formula is C12H18N2OS. The topological polar surface area (TPSA) is 55.1 Å². The van der Waals surface area contributed by atoms with Crippen molar-refractivity contribution in [1.82, 2.24) is 5.32 Å². The quantitative estimate of drug-likeness (QED) is 0.773. The Morgan fingerprint density at radius 2 is 2.31 bits per heavy atom. The number of carbonyl (C=O) groups excluding carboxylic acids is 1. The monoisotopic (exact) mass is 238 g/mol. The smallest absolute Gasteiger partial charge is 0.251 e. The predicted octanol–water partition coefficient (Wildman–Crippen LogP) is 2.14. The van der Waals surface area contributed by atoms with Gasteiger partial charge in [0.25, 0.3) is 5.91 Å². The minimum atomic E-state index is -0.0588. The van der Waals surface area contributed by atoms with Crippen LogP contribution >= 0.6 is 11.8 Å². The van der Waals surface area contributed by atoms with Crippen LogP contribution in [0.5, 0.6) is 0 Å². The van der Waals surface area contributed by atoms with Gasteiger partial charge in [0.2, 0.25) is 0 Å². The SMILES string of the molecule is CCSCC(C)NC(=O)c1cccc(N)c1. The van der Waals surface area contributed by atoms with Gasteiger partial charge < -0.3 is 11.1 Å². The zero-order valence-electron chi connectivity index (χ0n) is 9.69. The van der Waals surface area contributed by atoms with Crippen LogP contribution in [0.3, 0.4) is 0 Å². The second-order valence-corrected chi connectivity index (χ2v) is 4.98. The highest BCUT2D eigenvalue weighted by molar-refractivity contribution is 7.99. The molecule has 1 aromatic carbocycles. The minimum absolute atomic E-state index is 0.0588. The van der Waals surface area contributed by atoms with Gasteiger partial charge in [0.05, 0.1) is 0 Å². The van der Waals surface area contributed by atoms with Crippen molar-refractivity contribution in [2.24, 2.45) is 0 Å². The lowest BCUT2D eigenvalue weighted by Gasteiger charge is -2.13. The summed E-state index contributed by atoms with van der Waals surface area (Å²) in [4.78, 5) is 11.8. The largest absolute Gasteiger partial charge is 0.399 e. The van der Waals surface area contributed by atoms with Gasteiger partial charge in [0, 0.05) is 23.0 Å². The number of rotatable bonds is 5. The van der Waals surface area contributed by atoms with Crippen LogP contribution in [0.2, 0.25) is 0 Å². The van der Waals surface area contributed by atoms with E-state index in [1.54, 1.807) is 24.3 Å². The summed E-state index contributed by atoms with van der Waals surface area (Å²) in [6, 6.07) is 7.20. The summed E-state index contributed by atoms with van der Waals surface area (Å²) in [7, 11) is 0. The van der Waals surface area contributed by atoms with Crippen LogP contribution in [0.25, 0.3) is 0 Å². The number of anilines is 1. The van der Waals surface area contributed by atoms with Gasteiger partial charge >= 0.3 is 0 Å². The second-order valence-electron chi connectivity index (χ2n) is 3.66. The lowest BCUT2D eigenvalue weighted by molar-refractivity contribution is 0.0944. The molecule has 0 aliphatic heterocycles. The zero-order chi connectivity index (χ0) is 12.0. The Hall–Kier alpha value is -1.16. The summed E-state index contributed by atoms with van der Waals surface area (Å²) in [5.74, 6) is 1.94. The van der Waals surface area contributed by atoms with Crippen LogP contribution in [0, 0.1) is 0 Å². The highest BCUT2D eigenvalue weighted by atomic mass is 32.2. The Balaban J connectivity index is 2.52. The molecular weight excluding hydrogens is 220 g/mol. The molecule has 0 aliphatic carbocycles. The fourth-order valence-electron chi connectivity index (χ4n) is 1.32. The molecule has 0 saturated carbocycles. The van der Waals surface area contributed by atoms with Crippen molar-refractivity contribution < 1.29 is 4.79 Å². The molecule has 0 fully saturated rings. The molecule has 88 valence electrons. The highest BCUT2D eigenvalue weighted by Gasteiger charge is 2.09. The summed E-state index contributed by atoms with van der Waals surface area (Å²) in [6.45, 7) is 4.12. The number of carbonyl (C=O) groups is 1. The molecule has 0 saturated heterocycles. The van der Waals surface area contributed by atoms with Crippen molar-refractivity contribution >= 4 is 23.4 Å². The third kappa shape index (κ3) is 4.14. The number of nitrogen functional groups attached to an aromatic ring is 1. The predicted molar refractivity (Wildman–Crippen MR) is 70.8 cm³/mol. The first-order valence-corrected chi connectivity index (χ1v) is 6.53. The normalized spacial score (nSPS) is 12.1. The van der Waals surface area contributed by atoms with Gasteiger partial charge in [-0.15, -0.1) is 0 Å². The number of thioether (sulfide) groups is 1. The molecule has 16 heavy (non-hydrogen) atoms. The number of nitrogens with one attached hydrogen (secondary N) is 1. The molecule has 1 aromatic rings. The zero-order valence-corrected chi connectivity index (χ0v) is 10.5. The summed E-state index contributed by atoms with van der Waals surface area (Å²) < 4.78 is 0. The third-order valence-electron chi connectivity index (χ3n) is 2.10. The van der Waals surface area contributed by atoms with E-state index < -0.39 is 0 Å². The molecule has 1 atom stereocenters. The van der Waals surface area contributed by atoms with E-state index in [9.17, 15) is 4.79 Å². The third-order valence-corrected chi connectivity index (χ3v) is 3.24. The number of hydrogen-bond acceptors (Lipinski definition) is 3. The number of nitrogens with two attached hydrogens (primary N) is 1. The average Bonchev–Trinajstić information content (AvgIpc) is 2.26. The molecule has 1 rings (SSSR count). The number of benzene rings is 1. The summed E-state index contributed by atoms with van der Waals surface area (Å²) in [5, 5.41) is 2.94. The van der Waals surface area contributed by atoms with Gasteiger partial charge in [-0.3, -0.25) is 4.79 Å². The van der Waals surface area contributed by atoms with E-state index in [2.05, 4.69) is 12.2 Å². The van der Waals surface area contributed by atoms with Crippen molar-refractivity contribution in [3.8, 4) is 0 Å². The second kappa shape index (κ2) is 6.43. The standard InChI is InChI=1S/C12H18N2OS/c1-3-16-8-9(2)14-12(15)10-5-4-6-11(13)7-10/h4-7,9H,3,8,13H2,1-2H3,(H,14,15). The molecule has 4 heteroatoms. The maximum absolute atomic E-state index is 11.8. The van der Waals surface area contributed by atoms with E-state index in [1.807, 2.05) is 18.7 Å². The molecule has 1 unspecified atom stereocenters. The van der Waals surface area contributed by atoms with Gasteiger partial charge in [0.1, 0.15) is 0 Å². The van der Waals surface area contributed by atoms with Gasteiger partial charge in [-0.2, -0.15) is 11.8 Å². The molecule has 3 N–H and O–H groups in total. The molecule has 0 bridgehead atoms. The summed E-state index contributed by atoms with van der Waals surface area (Å²) in [5.41, 5.74) is 6.86. The molecule has 0 radical (unpaired) electrons. The lowest BCUT2D eigenvalue weighted by atomic mass is 10.2. The molecule has 0 heterocycles. The van der Waals surface area contributed by atoms with Crippen LogP contribution in [0.1, 0.15) is 24.2 Å². The van der Waals surface area contributed by atoms with Crippen molar-refractivity contribution in [3.63, 3.8) is 0 Å². The Bertz CT molecular complexity index is 355. The van der Waals surface area contributed by atoms with Crippen molar-refractivity contribution in [2.75, 3.05) is 17.2 Å². The lowest BCUT2D eigenvalue weighted by Crippen LogP contribution is -2.34. The Morgan fingerprint density at radius 3 is 2.94 bits per heavy atom. The van der Waals surface area contributed by atoms with Crippen molar-refractivity contribution in [3.05, 3.63) is 29.8 Å². The van der Waals surface area contributed by atoms with Crippen molar-refractivity contribution in [2.45, 2.75) is 19.9 Å². The van der Waals surface area contributed by atoms with Gasteiger partial charge in [-0.1, -0.05) is 13.0 Å². The van der Waals surface area contributed by atoms with Crippen LogP contribution in [-0.4, -0.2) is 23.5 Å². The average molecular weight is 238 g/mol. The molecule has 0 aromatic heterocycles. The molecule has 0 spiro atoms. The van der Waals surface area contributed by atoms with E-state index >= 15 is 0 Å². The molecule has 0 aliphatic rings.